The number of aromatic nitrogens is 3. The van der Waals surface area contributed by atoms with Crippen LogP contribution in [0.5, 0.6) is 0 Å². The molecule has 1 aromatic rings. The van der Waals surface area contributed by atoms with E-state index < -0.39 is 0 Å². The van der Waals surface area contributed by atoms with Crippen LogP contribution in [0.3, 0.4) is 0 Å². The van der Waals surface area contributed by atoms with Crippen LogP contribution in [0, 0.1) is 5.41 Å². The molecule has 0 amide bonds. The average molecular weight is 266 g/mol. The number of nitrogens with zero attached hydrogens (tertiary/aromatic N) is 3. The molecule has 0 aliphatic carbocycles. The molecule has 1 aromatic heterocycles. The maximum absolute atomic E-state index is 4.42. The minimum atomic E-state index is 0.160. The van der Waals surface area contributed by atoms with Gasteiger partial charge in [-0.25, -0.2) is 4.98 Å². The van der Waals surface area contributed by atoms with Crippen LogP contribution in [0.4, 0.5) is 0 Å². The van der Waals surface area contributed by atoms with Crippen molar-refractivity contribution in [2.24, 2.45) is 5.41 Å². The fourth-order valence-corrected chi connectivity index (χ4v) is 2.39. The number of hydrogen-bond acceptors (Lipinski definition) is 3. The Kier molecular flexibility index (Phi) is 5.53. The van der Waals surface area contributed by atoms with E-state index in [2.05, 4.69) is 56.9 Å². The molecule has 1 N–H and O–H groups in total. The molecule has 1 heterocycles. The quantitative estimate of drug-likeness (QED) is 0.825. The van der Waals surface area contributed by atoms with Crippen LogP contribution in [0.1, 0.15) is 60.2 Å². The van der Waals surface area contributed by atoms with E-state index in [1.54, 1.807) is 6.33 Å². The van der Waals surface area contributed by atoms with Gasteiger partial charge >= 0.3 is 0 Å². The van der Waals surface area contributed by atoms with Gasteiger partial charge in [-0.15, -0.1) is 0 Å². The molecule has 1 unspecified atom stereocenters. The summed E-state index contributed by atoms with van der Waals surface area (Å²) in [6.07, 6.45) is 5.05. The fraction of sp³-hybridized carbons (Fsp3) is 0.867. The Morgan fingerprint density at radius 3 is 2.42 bits per heavy atom. The summed E-state index contributed by atoms with van der Waals surface area (Å²) < 4.78 is 2.00. The first-order valence-electron chi connectivity index (χ1n) is 7.41. The third-order valence-corrected chi connectivity index (χ3v) is 3.48. The number of hydrogen-bond donors (Lipinski definition) is 1. The van der Waals surface area contributed by atoms with E-state index in [0.29, 0.717) is 0 Å². The van der Waals surface area contributed by atoms with Crippen molar-refractivity contribution in [1.82, 2.24) is 20.1 Å². The van der Waals surface area contributed by atoms with E-state index in [1.165, 1.54) is 12.8 Å². The molecular weight excluding hydrogens is 236 g/mol. The first kappa shape index (κ1) is 16.2. The first-order valence-corrected chi connectivity index (χ1v) is 7.41. The maximum Gasteiger partial charge on any atom is 0.138 e. The molecule has 0 aliphatic rings. The zero-order valence-electron chi connectivity index (χ0n) is 13.5. The van der Waals surface area contributed by atoms with E-state index in [0.717, 1.165) is 25.3 Å². The van der Waals surface area contributed by atoms with Crippen LogP contribution in [-0.4, -0.2) is 26.8 Å². The van der Waals surface area contributed by atoms with E-state index in [4.69, 9.17) is 0 Å². The van der Waals surface area contributed by atoms with Crippen molar-refractivity contribution in [2.75, 3.05) is 6.54 Å². The lowest BCUT2D eigenvalue weighted by Gasteiger charge is -2.33. The topological polar surface area (TPSA) is 42.7 Å². The molecular formula is C15H30N4. The Morgan fingerprint density at radius 2 is 1.89 bits per heavy atom. The lowest BCUT2D eigenvalue weighted by Crippen LogP contribution is -2.44. The fourth-order valence-electron chi connectivity index (χ4n) is 2.39. The van der Waals surface area contributed by atoms with Gasteiger partial charge in [0.1, 0.15) is 12.2 Å². The van der Waals surface area contributed by atoms with Gasteiger partial charge in [0.05, 0.1) is 0 Å². The van der Waals surface area contributed by atoms with Crippen LogP contribution in [0.2, 0.25) is 0 Å². The van der Waals surface area contributed by atoms with Crippen molar-refractivity contribution in [3.63, 3.8) is 0 Å². The summed E-state index contributed by atoms with van der Waals surface area (Å²) in [5, 5.41) is 7.91. The number of aryl methyl sites for hydroxylation is 1. The van der Waals surface area contributed by atoms with E-state index in [1.807, 2.05) is 4.68 Å². The first-order chi connectivity index (χ1) is 8.79. The molecule has 0 bridgehead atoms. The summed E-state index contributed by atoms with van der Waals surface area (Å²) in [6, 6.07) is 0. The molecule has 0 radical (unpaired) electrons. The van der Waals surface area contributed by atoms with Crippen molar-refractivity contribution in [3.05, 3.63) is 12.2 Å². The Labute approximate surface area is 118 Å². The highest BCUT2D eigenvalue weighted by atomic mass is 15.3. The molecule has 19 heavy (non-hydrogen) atoms. The molecule has 0 saturated heterocycles. The average Bonchev–Trinajstić information content (AvgIpc) is 2.73. The summed E-state index contributed by atoms with van der Waals surface area (Å²) in [4.78, 5) is 4.42. The Bertz CT molecular complexity index is 378. The van der Waals surface area contributed by atoms with Gasteiger partial charge in [-0.05, 0) is 39.5 Å². The summed E-state index contributed by atoms with van der Waals surface area (Å²) in [5.74, 6) is 1.11. The third kappa shape index (κ3) is 5.31. The molecule has 0 aromatic carbocycles. The molecule has 0 aliphatic heterocycles. The normalized spacial score (nSPS) is 15.5. The van der Waals surface area contributed by atoms with Crippen LogP contribution < -0.4 is 5.32 Å². The molecule has 0 fully saturated rings. The zero-order valence-corrected chi connectivity index (χ0v) is 13.5. The second-order valence-corrected chi connectivity index (χ2v) is 6.83. The molecule has 0 saturated carbocycles. The molecule has 4 nitrogen and oxygen atoms in total. The predicted octanol–water partition coefficient (Wildman–Crippen LogP) is 3.04. The van der Waals surface area contributed by atoms with Crippen LogP contribution >= 0.6 is 0 Å². The van der Waals surface area contributed by atoms with Crippen molar-refractivity contribution in [1.29, 1.82) is 0 Å². The van der Waals surface area contributed by atoms with Crippen LogP contribution in [-0.2, 0) is 13.0 Å². The second-order valence-electron chi connectivity index (χ2n) is 6.83. The molecule has 1 atom stereocenters. The maximum atomic E-state index is 4.42. The Hall–Kier alpha value is -0.900. The standard InChI is InChI=1S/C15H30N4/c1-7-9-15(6,11-17-14(3,4)5)10-13-16-12-18-19(13)8-2/h12,17H,7-11H2,1-6H3. The van der Waals surface area contributed by atoms with Crippen molar-refractivity contribution < 1.29 is 0 Å². The van der Waals surface area contributed by atoms with Gasteiger partial charge in [0, 0.05) is 25.0 Å². The lowest BCUT2D eigenvalue weighted by molar-refractivity contribution is 0.236. The third-order valence-electron chi connectivity index (χ3n) is 3.48. The monoisotopic (exact) mass is 266 g/mol. The number of rotatable bonds is 7. The molecule has 110 valence electrons. The highest BCUT2D eigenvalue weighted by Crippen LogP contribution is 2.27. The summed E-state index contributed by atoms with van der Waals surface area (Å²) >= 11 is 0. The molecule has 1 rings (SSSR count). The van der Waals surface area contributed by atoms with Gasteiger partial charge in [0.15, 0.2) is 0 Å². The van der Waals surface area contributed by atoms with Crippen LogP contribution in [0.15, 0.2) is 6.33 Å². The predicted molar refractivity (Wildman–Crippen MR) is 80.2 cm³/mol. The SMILES string of the molecule is CCCC(C)(CNC(C)(C)C)Cc1ncnn1CC. The highest BCUT2D eigenvalue weighted by molar-refractivity contribution is 4.94. The van der Waals surface area contributed by atoms with Gasteiger partial charge in [0.2, 0.25) is 0 Å². The van der Waals surface area contributed by atoms with Crippen molar-refractivity contribution in [3.8, 4) is 0 Å². The zero-order chi connectivity index (χ0) is 14.5. The van der Waals surface area contributed by atoms with Gasteiger partial charge in [0.25, 0.3) is 0 Å². The Morgan fingerprint density at radius 1 is 1.21 bits per heavy atom. The van der Waals surface area contributed by atoms with E-state index in [-0.39, 0.29) is 11.0 Å². The highest BCUT2D eigenvalue weighted by Gasteiger charge is 2.27. The molecule has 4 heteroatoms. The summed E-state index contributed by atoms with van der Waals surface area (Å²) in [7, 11) is 0. The number of nitrogens with one attached hydrogen (secondary N) is 1. The lowest BCUT2D eigenvalue weighted by atomic mass is 9.81. The Balaban J connectivity index is 2.75. The largest absolute Gasteiger partial charge is 0.312 e. The summed E-state index contributed by atoms with van der Waals surface area (Å²) in [5.41, 5.74) is 0.398. The summed E-state index contributed by atoms with van der Waals surface area (Å²) in [6.45, 7) is 15.3. The van der Waals surface area contributed by atoms with Gasteiger partial charge in [-0.1, -0.05) is 20.3 Å². The van der Waals surface area contributed by atoms with Crippen LogP contribution in [0.25, 0.3) is 0 Å². The van der Waals surface area contributed by atoms with Crippen molar-refractivity contribution in [2.45, 2.75) is 72.9 Å². The minimum absolute atomic E-state index is 0.160. The second kappa shape index (κ2) is 6.51. The minimum Gasteiger partial charge on any atom is -0.312 e. The van der Waals surface area contributed by atoms with Gasteiger partial charge in [-0.2, -0.15) is 5.10 Å². The van der Waals surface area contributed by atoms with Crippen molar-refractivity contribution >= 4 is 0 Å². The van der Waals surface area contributed by atoms with Gasteiger partial charge < -0.3 is 5.32 Å². The molecule has 0 spiro atoms. The van der Waals surface area contributed by atoms with E-state index >= 15 is 0 Å². The van der Waals surface area contributed by atoms with Gasteiger partial charge in [-0.3, -0.25) is 4.68 Å². The van der Waals surface area contributed by atoms with E-state index in [9.17, 15) is 0 Å². The smallest absolute Gasteiger partial charge is 0.138 e.